The van der Waals surface area contributed by atoms with Crippen molar-refractivity contribution in [1.82, 2.24) is 74.7 Å². The van der Waals surface area contributed by atoms with Gasteiger partial charge in [-0.15, -0.1) is 0 Å². The van der Waals surface area contributed by atoms with Crippen molar-refractivity contribution in [2.75, 3.05) is 164 Å². The molecule has 19 rings (SSSR count). The van der Waals surface area contributed by atoms with Crippen molar-refractivity contribution >= 4 is 122 Å². The Morgan fingerprint density at radius 2 is 0.692 bits per heavy atom. The highest BCUT2D eigenvalue weighted by atomic mass is 32.2. The number of nitrogens with one attached hydrogen (secondary N) is 10. The number of methoxy groups -OCH3 is 1. The van der Waals surface area contributed by atoms with Crippen molar-refractivity contribution in [3.8, 4) is 34.0 Å². The van der Waals surface area contributed by atoms with E-state index in [2.05, 4.69) is 131 Å². The van der Waals surface area contributed by atoms with Crippen LogP contribution in [0.3, 0.4) is 0 Å². The molecule has 6 heterocycles. The summed E-state index contributed by atoms with van der Waals surface area (Å²) in [6.07, 6.45) is 39.0. The number of aromatic nitrogens is 2. The fourth-order valence-electron chi connectivity index (χ4n) is 22.1. The van der Waals surface area contributed by atoms with E-state index in [-0.39, 0.29) is 24.2 Å². The highest BCUT2D eigenvalue weighted by Gasteiger charge is 2.38. The molecule has 5 aromatic carbocycles. The predicted octanol–water partition coefficient (Wildman–Crippen LogP) is 11.8. The average molecular weight is 2110 g/mol. The monoisotopic (exact) mass is 2110 g/mol. The number of benzene rings is 5. The quantitative estimate of drug-likeness (QED) is 0.0241. The summed E-state index contributed by atoms with van der Waals surface area (Å²) in [6, 6.07) is 15.4. The molecule has 0 bridgehead atoms. The molecule has 146 heavy (non-hydrogen) atoms. The van der Waals surface area contributed by atoms with Gasteiger partial charge in [-0.1, -0.05) is 54.6 Å². The second kappa shape index (κ2) is 47.0. The first-order valence-electron chi connectivity index (χ1n) is 50.7. The molecule has 0 radical (unpaired) electrons. The smallest absolute Gasteiger partial charge is 0.333 e. The Hall–Kier alpha value is -10.8. The number of nitrogens with zero attached hydrogens (tertiary/aromatic N) is 11. The molecule has 0 unspecified atom stereocenters. The molecular weight excluding hydrogens is 1960 g/mol. The third kappa shape index (κ3) is 26.2. The Morgan fingerprint density at radius 3 is 1.08 bits per heavy atom. The van der Waals surface area contributed by atoms with Gasteiger partial charge in [0.25, 0.3) is 0 Å². The number of amides is 10. The molecule has 2 aromatic heterocycles. The van der Waals surface area contributed by atoms with Crippen LogP contribution < -0.4 is 59.7 Å². The summed E-state index contributed by atoms with van der Waals surface area (Å²) < 4.78 is 152. The van der Waals surface area contributed by atoms with Gasteiger partial charge >= 0.3 is 81.2 Å². The second-order valence-electron chi connectivity index (χ2n) is 40.6. The molecule has 0 spiro atoms. The molecule has 3 atom stereocenters. The topological polar surface area (TPSA) is 450 Å². The number of likely N-dealkylation sites (N-methyl/N-ethyl adjacent to an activating group) is 6. The standard InChI is InChI=1S/C24H33N5O4S.C20H30N4O3S.2C20H28N4O3S.C19H24N4O4S/c1-16-14-17-6-5-7-20(17)23(26-24(30)27-34(31,32)28(2)3)22(16)18-8-11-25-21(15-18)33-19-9-12-29(4)13-10-19;3*1-23-11-5-8-16(23)13-24(2)28(26,27)22-20(25)21-19-17-9-3-6-14(17)12-15-7-4-10-18(15)19;1-12-10-13-6-5-7-15(13)18(21-19(24)22-28(25,26)23(2)3)17(12)14-8-9-20-16(11-14)27-4/h8,11,14-15,19H,5-7,9-10,12-13H2,1-4H3,(H2,26,27,30);12,16H,3-11,13H2,1-2H3,(H2,21,22,25);3,9,12,16H,4-8,10-11,13H2,1-2H3,(H2,21,22,25);3,6,12,16H,4-5,7-11,13H2,1-2H3,(H2,21,22,25);8-11H,5-7H2,1-4H3,(H2,21,22,24)/t;3*16-;/m.011./s1. The highest BCUT2D eigenvalue weighted by molar-refractivity contribution is 7.88. The minimum absolute atomic E-state index is 0.125. The van der Waals surface area contributed by atoms with E-state index in [0.29, 0.717) is 42.8 Å². The Balaban J connectivity index is 0.000000137. The summed E-state index contributed by atoms with van der Waals surface area (Å²) in [4.78, 5) is 80.3. The summed E-state index contributed by atoms with van der Waals surface area (Å²) in [5.41, 5.74) is 27.7. The summed E-state index contributed by atoms with van der Waals surface area (Å²) in [7, 11) is 0.226. The number of aryl methyl sites for hydroxylation is 8. The minimum atomic E-state index is -3.91. The van der Waals surface area contributed by atoms with Crippen molar-refractivity contribution < 1.29 is 75.5 Å². The van der Waals surface area contributed by atoms with Crippen LogP contribution in [0, 0.1) is 13.8 Å². The number of hydrogen-bond donors (Lipinski definition) is 10. The maximum absolute atomic E-state index is 12.7. The maximum atomic E-state index is 12.7. The molecule has 43 heteroatoms. The molecule has 10 amide bonds. The van der Waals surface area contributed by atoms with Crippen LogP contribution in [0.5, 0.6) is 11.8 Å². The summed E-state index contributed by atoms with van der Waals surface area (Å²) in [5.74, 6) is 1.01. The van der Waals surface area contributed by atoms with Gasteiger partial charge in [0.2, 0.25) is 11.8 Å². The van der Waals surface area contributed by atoms with E-state index in [4.69, 9.17) is 9.47 Å². The van der Waals surface area contributed by atoms with Crippen LogP contribution in [0.2, 0.25) is 0 Å². The summed E-state index contributed by atoms with van der Waals surface area (Å²) in [6.45, 7) is 10.0. The molecule has 4 fully saturated rings. The predicted molar refractivity (Wildman–Crippen MR) is 571 cm³/mol. The largest absolute Gasteiger partial charge is 0.481 e. The normalized spacial score (nSPS) is 18.8. The number of pyridine rings is 2. The number of anilines is 5. The van der Waals surface area contributed by atoms with E-state index in [1.807, 2.05) is 64.0 Å². The second-order valence-corrected chi connectivity index (χ2v) is 49.7. The van der Waals surface area contributed by atoms with Gasteiger partial charge < -0.3 is 55.7 Å². The van der Waals surface area contributed by atoms with Crippen molar-refractivity contribution in [1.29, 1.82) is 0 Å². The van der Waals surface area contributed by atoms with Crippen molar-refractivity contribution in [3.63, 3.8) is 0 Å². The number of fused-ring (bicyclic) bond motifs is 8. The molecule has 10 N–H and O–H groups in total. The van der Waals surface area contributed by atoms with Crippen LogP contribution in [-0.2, 0) is 141 Å². The van der Waals surface area contributed by atoms with Crippen molar-refractivity contribution in [2.45, 2.75) is 218 Å². The number of rotatable bonds is 26. The van der Waals surface area contributed by atoms with E-state index in [9.17, 15) is 66.1 Å². The molecule has 4 aliphatic heterocycles. The average Bonchev–Trinajstić information content (AvgIpc) is 1.65. The first kappa shape index (κ1) is 109. The Bertz CT molecular complexity index is 6640. The number of likely N-dealkylation sites (tertiary alicyclic amines) is 4. The zero-order valence-electron chi connectivity index (χ0n) is 86.3. The molecule has 0 saturated carbocycles. The number of carbonyl (C=O) groups excluding carboxylic acids is 5. The van der Waals surface area contributed by atoms with Crippen LogP contribution in [0.1, 0.15) is 190 Å². The SMILES string of the molecule is CN1CCC[C@@H]1CN(C)S(=O)(=O)NC(=O)Nc1c2c(cc3c1CCC3)C=CC2.CN1CCC[C@@H]1CN(C)S(=O)(=O)NC(=O)Nc1c2c(cc3c1CCC3)CC=C2.CN1CCC[C@H]1CN(C)S(=O)(=O)NC(=O)Nc1c2c(cc3c1CCC3)CCC2.COc1cc(-c2c(C)cc3c(c2NC(=O)NS(=O)(=O)N(C)C)CCC3)ccn1.Cc1cc2c(c(NC(=O)NS(=O)(=O)N(C)C)c1-c1ccnc(OC3CCN(C)CC3)c1)CCC2. The van der Waals surface area contributed by atoms with Crippen molar-refractivity contribution in [3.05, 3.63) is 179 Å². The molecule has 38 nitrogen and oxygen atoms in total. The van der Waals surface area contributed by atoms with Gasteiger partial charge in [-0.05, 0) is 359 Å². The lowest BCUT2D eigenvalue weighted by molar-refractivity contribution is 0.110. The third-order valence-corrected chi connectivity index (χ3v) is 37.1. The van der Waals surface area contributed by atoms with Gasteiger partial charge in [0.05, 0.1) is 24.2 Å². The number of hydrogen-bond acceptors (Lipinski definition) is 23. The lowest BCUT2D eigenvalue weighted by Crippen LogP contribution is -2.47. The Labute approximate surface area is 861 Å². The van der Waals surface area contributed by atoms with Crippen LogP contribution in [0.4, 0.5) is 52.4 Å². The van der Waals surface area contributed by atoms with Crippen molar-refractivity contribution in [2.24, 2.45) is 0 Å². The van der Waals surface area contributed by atoms with E-state index in [1.165, 1.54) is 112 Å². The van der Waals surface area contributed by atoms with E-state index in [0.717, 1.165) is 311 Å². The lowest BCUT2D eigenvalue weighted by Gasteiger charge is -2.29. The van der Waals surface area contributed by atoms with Gasteiger partial charge in [-0.25, -0.2) is 57.6 Å². The molecule has 4 saturated heterocycles. The number of ether oxygens (including phenoxy) is 2. The zero-order valence-corrected chi connectivity index (χ0v) is 90.4. The first-order valence-corrected chi connectivity index (χ1v) is 57.9. The minimum Gasteiger partial charge on any atom is -0.481 e. The number of urea groups is 5. The van der Waals surface area contributed by atoms with Crippen LogP contribution in [0.25, 0.3) is 34.4 Å². The van der Waals surface area contributed by atoms with Crippen LogP contribution in [-0.4, -0.2) is 285 Å². The number of piperidine rings is 1. The maximum Gasteiger partial charge on any atom is 0.333 e. The molecule has 7 aromatic rings. The lowest BCUT2D eigenvalue weighted by atomic mass is 9.93. The van der Waals surface area contributed by atoms with Gasteiger partial charge in [-0.3, -0.25) is 0 Å². The van der Waals surface area contributed by atoms with E-state index < -0.39 is 81.2 Å². The summed E-state index contributed by atoms with van der Waals surface area (Å²) >= 11 is 0. The van der Waals surface area contributed by atoms with Gasteiger partial charge in [0.1, 0.15) is 6.10 Å². The molecule has 12 aliphatic rings. The van der Waals surface area contributed by atoms with Gasteiger partial charge in [0, 0.05) is 153 Å². The molecule has 792 valence electrons. The first-order chi connectivity index (χ1) is 69.4. The van der Waals surface area contributed by atoms with E-state index >= 15 is 0 Å². The van der Waals surface area contributed by atoms with Gasteiger partial charge in [0.15, 0.2) is 0 Å². The molecular formula is C103H143N21O17S5. The fourth-order valence-corrected chi connectivity index (χ4v) is 25.5. The Kier molecular flexibility index (Phi) is 35.2. The highest BCUT2D eigenvalue weighted by Crippen LogP contribution is 2.46. The fraction of sp³-hybridized carbons (Fsp3) is 0.524. The Morgan fingerprint density at radius 1 is 0.363 bits per heavy atom. The molecule has 8 aliphatic carbocycles. The third-order valence-electron chi connectivity index (χ3n) is 30.1. The zero-order chi connectivity index (χ0) is 105. The number of carbonyl (C=O) groups is 5. The van der Waals surface area contributed by atoms with E-state index in [1.54, 1.807) is 25.6 Å². The summed E-state index contributed by atoms with van der Waals surface area (Å²) in [5, 5.41) is 14.2. The number of allylic oxidation sites excluding steroid dienone is 2. The van der Waals surface area contributed by atoms with Gasteiger partial charge in [-0.2, -0.15) is 63.6 Å². The van der Waals surface area contributed by atoms with Crippen LogP contribution >= 0.6 is 0 Å². The van der Waals surface area contributed by atoms with Crippen LogP contribution in [0.15, 0.2) is 79.1 Å².